The molecule has 3 rings (SSSR count). The maximum atomic E-state index is 13.3. The number of carboxylic acids is 1. The third-order valence-electron chi connectivity index (χ3n) is 4.09. The van der Waals surface area contributed by atoms with Gasteiger partial charge in [0.05, 0.1) is 4.88 Å². The zero-order valence-corrected chi connectivity index (χ0v) is 13.6. The second-order valence-corrected chi connectivity index (χ2v) is 6.58. The molecule has 0 spiro atoms. The van der Waals surface area contributed by atoms with Crippen molar-refractivity contribution in [3.05, 3.63) is 52.5 Å². The molecule has 1 saturated heterocycles. The number of carbonyl (C=O) groups is 2. The molecule has 5 nitrogen and oxygen atoms in total. The number of aliphatic carboxylic acids is 1. The summed E-state index contributed by atoms with van der Waals surface area (Å²) in [4.78, 5) is 26.3. The minimum absolute atomic E-state index is 0.102. The molecule has 1 aliphatic heterocycles. The Morgan fingerprint density at radius 1 is 1.21 bits per heavy atom. The highest BCUT2D eigenvalue weighted by molar-refractivity contribution is 7.12. The molecule has 0 saturated carbocycles. The molecular weight excluding hydrogens is 333 g/mol. The normalized spacial score (nSPS) is 16.6. The molecule has 7 heteroatoms. The van der Waals surface area contributed by atoms with Gasteiger partial charge in [-0.05, 0) is 23.6 Å². The molecule has 2 heterocycles. The summed E-state index contributed by atoms with van der Waals surface area (Å²) < 4.78 is 18.9. The van der Waals surface area contributed by atoms with E-state index in [1.807, 2.05) is 5.38 Å². The minimum Gasteiger partial charge on any atom is -0.478 e. The fourth-order valence-corrected chi connectivity index (χ4v) is 3.43. The number of ether oxygens (including phenoxy) is 1. The lowest BCUT2D eigenvalue weighted by Gasteiger charge is -2.38. The van der Waals surface area contributed by atoms with Crippen LogP contribution in [0.25, 0.3) is 0 Å². The van der Waals surface area contributed by atoms with Crippen molar-refractivity contribution < 1.29 is 23.8 Å². The largest absolute Gasteiger partial charge is 0.478 e. The Balaban J connectivity index is 1.72. The quantitative estimate of drug-likeness (QED) is 0.921. The molecule has 2 aromatic rings. The molecule has 1 aromatic carbocycles. The van der Waals surface area contributed by atoms with Gasteiger partial charge in [-0.2, -0.15) is 0 Å². The first kappa shape index (κ1) is 16.4. The van der Waals surface area contributed by atoms with Crippen LogP contribution in [-0.4, -0.2) is 40.6 Å². The molecule has 1 N–H and O–H groups in total. The number of halogens is 1. The number of nitrogens with zero attached hydrogens (tertiary/aromatic N) is 1. The van der Waals surface area contributed by atoms with Gasteiger partial charge in [0, 0.05) is 32.0 Å². The van der Waals surface area contributed by atoms with Crippen LogP contribution in [0, 0.1) is 5.82 Å². The molecule has 0 bridgehead atoms. The van der Waals surface area contributed by atoms with E-state index in [1.54, 1.807) is 17.0 Å². The molecule has 1 fully saturated rings. The summed E-state index contributed by atoms with van der Waals surface area (Å²) in [5.41, 5.74) is -1.44. The summed E-state index contributed by atoms with van der Waals surface area (Å²) in [5.74, 6) is -1.52. The van der Waals surface area contributed by atoms with E-state index in [2.05, 4.69) is 0 Å². The summed E-state index contributed by atoms with van der Waals surface area (Å²) >= 11 is 1.35. The van der Waals surface area contributed by atoms with Crippen LogP contribution in [0.4, 0.5) is 4.39 Å². The molecular formula is C17H16FNO4S. The Hall–Kier alpha value is -2.41. The van der Waals surface area contributed by atoms with E-state index in [-0.39, 0.29) is 37.6 Å². The molecule has 24 heavy (non-hydrogen) atoms. The molecule has 126 valence electrons. The van der Waals surface area contributed by atoms with Crippen LogP contribution in [0.1, 0.15) is 22.5 Å². The minimum atomic E-state index is -1.44. The summed E-state index contributed by atoms with van der Waals surface area (Å²) in [6.45, 7) is 0.552. The third-order valence-corrected chi connectivity index (χ3v) is 4.95. The van der Waals surface area contributed by atoms with Gasteiger partial charge in [-0.15, -0.1) is 11.3 Å². The number of rotatable bonds is 4. The second kappa shape index (κ2) is 6.60. The number of likely N-dealkylation sites (tertiary alicyclic amines) is 1. The van der Waals surface area contributed by atoms with Crippen LogP contribution in [0.5, 0.6) is 5.75 Å². The lowest BCUT2D eigenvalue weighted by atomic mass is 9.91. The standard InChI is InChI=1S/C17H16FNO4S/c18-12-3-1-4-13(11-12)23-17(16(21)22)6-8-19(9-7-17)15(20)14-5-2-10-24-14/h1-5,10-11H,6-9H2,(H,21,22). The lowest BCUT2D eigenvalue weighted by Crippen LogP contribution is -2.54. The SMILES string of the molecule is O=C(c1cccs1)N1CCC(Oc2cccc(F)c2)(C(=O)O)CC1. The maximum Gasteiger partial charge on any atom is 0.348 e. The van der Waals surface area contributed by atoms with Crippen molar-refractivity contribution in [2.24, 2.45) is 0 Å². The van der Waals surface area contributed by atoms with Crippen LogP contribution in [0.2, 0.25) is 0 Å². The predicted molar refractivity (Wildman–Crippen MR) is 86.9 cm³/mol. The Labute approximate surface area is 142 Å². The van der Waals surface area contributed by atoms with Gasteiger partial charge >= 0.3 is 5.97 Å². The van der Waals surface area contributed by atoms with E-state index >= 15 is 0 Å². The molecule has 0 atom stereocenters. The van der Waals surface area contributed by atoms with Crippen LogP contribution in [0.15, 0.2) is 41.8 Å². The number of hydrogen-bond acceptors (Lipinski definition) is 4. The Kier molecular flexibility index (Phi) is 4.53. The third kappa shape index (κ3) is 3.26. The number of piperidine rings is 1. The zero-order chi connectivity index (χ0) is 17.2. The number of amides is 1. The molecule has 1 amide bonds. The van der Waals surface area contributed by atoms with Crippen molar-refractivity contribution in [3.63, 3.8) is 0 Å². The summed E-state index contributed by atoms with van der Waals surface area (Å²) in [5, 5.41) is 11.4. The van der Waals surface area contributed by atoms with Crippen LogP contribution >= 0.6 is 11.3 Å². The van der Waals surface area contributed by atoms with Crippen LogP contribution < -0.4 is 4.74 Å². The fraction of sp³-hybridized carbons (Fsp3) is 0.294. The maximum absolute atomic E-state index is 13.3. The summed E-state index contributed by atoms with van der Waals surface area (Å²) in [6.07, 6.45) is 0.298. The Bertz CT molecular complexity index is 739. The number of carbonyl (C=O) groups excluding carboxylic acids is 1. The first-order valence-electron chi connectivity index (χ1n) is 7.51. The average Bonchev–Trinajstić information content (AvgIpc) is 3.09. The molecule has 0 aliphatic carbocycles. The highest BCUT2D eigenvalue weighted by atomic mass is 32.1. The van der Waals surface area contributed by atoms with Gasteiger partial charge in [0.1, 0.15) is 11.6 Å². The molecule has 1 aliphatic rings. The van der Waals surface area contributed by atoms with Gasteiger partial charge in [0.25, 0.3) is 5.91 Å². The fourth-order valence-electron chi connectivity index (χ4n) is 2.74. The van der Waals surface area contributed by atoms with Gasteiger partial charge in [-0.25, -0.2) is 9.18 Å². The van der Waals surface area contributed by atoms with E-state index in [0.717, 1.165) is 6.07 Å². The summed E-state index contributed by atoms with van der Waals surface area (Å²) in [6, 6.07) is 8.97. The topological polar surface area (TPSA) is 66.8 Å². The van der Waals surface area contributed by atoms with Crippen LogP contribution in [-0.2, 0) is 4.79 Å². The Morgan fingerprint density at radius 3 is 2.54 bits per heavy atom. The predicted octanol–water partition coefficient (Wildman–Crippen LogP) is 3.03. The smallest absolute Gasteiger partial charge is 0.348 e. The van der Waals surface area contributed by atoms with Gasteiger partial charge in [0.15, 0.2) is 0 Å². The first-order valence-corrected chi connectivity index (χ1v) is 8.39. The first-order chi connectivity index (χ1) is 11.5. The summed E-state index contributed by atoms with van der Waals surface area (Å²) in [7, 11) is 0. The van der Waals surface area contributed by atoms with E-state index < -0.39 is 17.4 Å². The number of carboxylic acid groups (broad SMARTS) is 1. The molecule has 1 aromatic heterocycles. The van der Waals surface area contributed by atoms with Gasteiger partial charge in [-0.3, -0.25) is 4.79 Å². The van der Waals surface area contributed by atoms with Gasteiger partial charge in [-0.1, -0.05) is 12.1 Å². The monoisotopic (exact) mass is 349 g/mol. The van der Waals surface area contributed by atoms with E-state index in [0.29, 0.717) is 4.88 Å². The lowest BCUT2D eigenvalue weighted by molar-refractivity contribution is -0.159. The van der Waals surface area contributed by atoms with Gasteiger partial charge < -0.3 is 14.7 Å². The zero-order valence-electron chi connectivity index (χ0n) is 12.8. The van der Waals surface area contributed by atoms with E-state index in [4.69, 9.17) is 4.74 Å². The molecule has 0 radical (unpaired) electrons. The van der Waals surface area contributed by atoms with Crippen molar-refractivity contribution in [3.8, 4) is 5.75 Å². The molecule has 0 unspecified atom stereocenters. The van der Waals surface area contributed by atoms with Crippen molar-refractivity contribution in [2.45, 2.75) is 18.4 Å². The number of hydrogen-bond donors (Lipinski definition) is 1. The average molecular weight is 349 g/mol. The van der Waals surface area contributed by atoms with Crippen molar-refractivity contribution >= 4 is 23.2 Å². The highest BCUT2D eigenvalue weighted by Gasteiger charge is 2.45. The van der Waals surface area contributed by atoms with Crippen molar-refractivity contribution in [1.82, 2.24) is 4.90 Å². The number of thiophene rings is 1. The Morgan fingerprint density at radius 2 is 1.96 bits per heavy atom. The van der Waals surface area contributed by atoms with Crippen LogP contribution in [0.3, 0.4) is 0 Å². The highest BCUT2D eigenvalue weighted by Crippen LogP contribution is 2.30. The second-order valence-electron chi connectivity index (χ2n) is 5.63. The number of benzene rings is 1. The van der Waals surface area contributed by atoms with E-state index in [9.17, 15) is 19.1 Å². The van der Waals surface area contributed by atoms with E-state index in [1.165, 1.54) is 29.5 Å². The van der Waals surface area contributed by atoms with Gasteiger partial charge in [0.2, 0.25) is 5.60 Å². The van der Waals surface area contributed by atoms with Crippen molar-refractivity contribution in [2.75, 3.05) is 13.1 Å². The van der Waals surface area contributed by atoms with Crippen molar-refractivity contribution in [1.29, 1.82) is 0 Å².